The predicted octanol–water partition coefficient (Wildman–Crippen LogP) is 1.25. The first-order chi connectivity index (χ1) is 8.22. The van der Waals surface area contributed by atoms with E-state index in [0.717, 1.165) is 0 Å². The van der Waals surface area contributed by atoms with Crippen molar-refractivity contribution in [2.45, 2.75) is 0 Å². The first kappa shape index (κ1) is 12.1. The van der Waals surface area contributed by atoms with Gasteiger partial charge in [-0.15, -0.1) is 0 Å². The number of anilines is 1. The summed E-state index contributed by atoms with van der Waals surface area (Å²) in [5.41, 5.74) is 0.480. The molecule has 92 valence electrons. The maximum Gasteiger partial charge on any atom is 0.255 e. The fraction of sp³-hybridized carbons (Fsp3) is 0.455. The Morgan fingerprint density at radius 1 is 1.53 bits per heavy atom. The highest BCUT2D eigenvalue weighted by Crippen LogP contribution is 2.20. The van der Waals surface area contributed by atoms with Gasteiger partial charge >= 0.3 is 0 Å². The van der Waals surface area contributed by atoms with E-state index in [1.54, 1.807) is 18.0 Å². The first-order valence-corrected chi connectivity index (χ1v) is 5.80. The average molecular weight is 256 g/mol. The van der Waals surface area contributed by atoms with Crippen LogP contribution in [0.25, 0.3) is 0 Å². The van der Waals surface area contributed by atoms with Gasteiger partial charge in [-0.1, -0.05) is 11.6 Å². The summed E-state index contributed by atoms with van der Waals surface area (Å²) in [5.74, 6) is 0.559. The molecule has 1 amide bonds. The molecule has 1 fully saturated rings. The van der Waals surface area contributed by atoms with E-state index in [0.29, 0.717) is 42.7 Å². The molecule has 0 spiro atoms. The largest absolute Gasteiger partial charge is 0.378 e. The zero-order valence-electron chi connectivity index (χ0n) is 9.57. The van der Waals surface area contributed by atoms with E-state index < -0.39 is 0 Å². The number of carbonyl (C=O) groups is 1. The van der Waals surface area contributed by atoms with Crippen molar-refractivity contribution in [2.75, 3.05) is 38.7 Å². The van der Waals surface area contributed by atoms with E-state index in [9.17, 15) is 4.79 Å². The number of carbonyl (C=O) groups excluding carboxylic acids is 1. The summed E-state index contributed by atoms with van der Waals surface area (Å²) in [6.45, 7) is 2.36. The minimum absolute atomic E-state index is 0.0720. The quantitative estimate of drug-likeness (QED) is 0.864. The van der Waals surface area contributed by atoms with Gasteiger partial charge in [0.25, 0.3) is 5.91 Å². The van der Waals surface area contributed by atoms with Gasteiger partial charge < -0.3 is 15.0 Å². The minimum atomic E-state index is -0.0720. The number of hydrogen-bond donors (Lipinski definition) is 1. The van der Waals surface area contributed by atoms with E-state index in [1.807, 2.05) is 0 Å². The van der Waals surface area contributed by atoms with Gasteiger partial charge in [0.2, 0.25) is 0 Å². The summed E-state index contributed by atoms with van der Waals surface area (Å²) in [6.07, 6.45) is 1.49. The summed E-state index contributed by atoms with van der Waals surface area (Å²) in [6, 6.07) is 1.67. The van der Waals surface area contributed by atoms with E-state index in [-0.39, 0.29) is 5.91 Å². The minimum Gasteiger partial charge on any atom is -0.378 e. The Labute approximate surface area is 105 Å². The lowest BCUT2D eigenvalue weighted by Crippen LogP contribution is -2.40. The predicted molar refractivity (Wildman–Crippen MR) is 65.5 cm³/mol. The van der Waals surface area contributed by atoms with Crippen LogP contribution in [0.4, 0.5) is 5.82 Å². The molecule has 2 heterocycles. The molecule has 5 nitrogen and oxygen atoms in total. The maximum absolute atomic E-state index is 12.2. The molecule has 0 aromatic carbocycles. The van der Waals surface area contributed by atoms with Crippen molar-refractivity contribution < 1.29 is 9.53 Å². The number of nitrogens with one attached hydrogen (secondary N) is 1. The molecule has 0 radical (unpaired) electrons. The molecule has 0 aliphatic carbocycles. The molecule has 2 rings (SSSR count). The van der Waals surface area contributed by atoms with Gasteiger partial charge in [0.15, 0.2) is 0 Å². The third-order valence-electron chi connectivity index (χ3n) is 2.64. The Morgan fingerprint density at radius 3 is 2.88 bits per heavy atom. The van der Waals surface area contributed by atoms with Crippen LogP contribution >= 0.6 is 11.6 Å². The van der Waals surface area contributed by atoms with E-state index in [1.165, 1.54) is 6.20 Å². The molecular formula is C11H14ClN3O2. The zero-order chi connectivity index (χ0) is 12.3. The van der Waals surface area contributed by atoms with Gasteiger partial charge in [0, 0.05) is 26.3 Å². The number of pyridine rings is 1. The van der Waals surface area contributed by atoms with Crippen LogP contribution in [-0.2, 0) is 4.74 Å². The number of halogens is 1. The van der Waals surface area contributed by atoms with E-state index >= 15 is 0 Å². The molecular weight excluding hydrogens is 242 g/mol. The molecule has 0 bridgehead atoms. The number of nitrogens with zero attached hydrogens (tertiary/aromatic N) is 2. The molecule has 1 N–H and O–H groups in total. The van der Waals surface area contributed by atoms with Gasteiger partial charge in [-0.3, -0.25) is 4.79 Å². The highest BCUT2D eigenvalue weighted by molar-refractivity contribution is 6.33. The van der Waals surface area contributed by atoms with Crippen LogP contribution < -0.4 is 5.32 Å². The van der Waals surface area contributed by atoms with Gasteiger partial charge in [-0.05, 0) is 6.07 Å². The van der Waals surface area contributed by atoms with Crippen molar-refractivity contribution in [1.29, 1.82) is 0 Å². The summed E-state index contributed by atoms with van der Waals surface area (Å²) >= 11 is 6.00. The van der Waals surface area contributed by atoms with Crippen molar-refractivity contribution >= 4 is 23.3 Å². The Balaban J connectivity index is 2.22. The van der Waals surface area contributed by atoms with Crippen molar-refractivity contribution in [1.82, 2.24) is 9.88 Å². The Morgan fingerprint density at radius 2 is 2.24 bits per heavy atom. The second-order valence-corrected chi connectivity index (χ2v) is 4.11. The number of ether oxygens (including phenoxy) is 1. The third-order valence-corrected chi connectivity index (χ3v) is 2.94. The van der Waals surface area contributed by atoms with E-state index in [2.05, 4.69) is 10.3 Å². The number of amides is 1. The molecule has 1 saturated heterocycles. The van der Waals surface area contributed by atoms with Crippen LogP contribution in [0.15, 0.2) is 12.3 Å². The van der Waals surface area contributed by atoms with Gasteiger partial charge in [-0.2, -0.15) is 0 Å². The summed E-state index contributed by atoms with van der Waals surface area (Å²) < 4.78 is 5.21. The van der Waals surface area contributed by atoms with Gasteiger partial charge in [0.1, 0.15) is 5.82 Å². The normalized spacial score (nSPS) is 15.8. The van der Waals surface area contributed by atoms with Crippen molar-refractivity contribution in [3.8, 4) is 0 Å². The molecule has 1 aliphatic rings. The SMILES string of the molecule is CNc1cc(C(=O)N2CCOCC2)c(Cl)cn1. The van der Waals surface area contributed by atoms with Crippen LogP contribution in [0.5, 0.6) is 0 Å². The summed E-state index contributed by atoms with van der Waals surface area (Å²) in [4.78, 5) is 18.0. The number of aromatic nitrogens is 1. The van der Waals surface area contributed by atoms with Crippen LogP contribution in [0.1, 0.15) is 10.4 Å². The number of rotatable bonds is 2. The molecule has 1 aromatic heterocycles. The van der Waals surface area contributed by atoms with Crippen LogP contribution in [-0.4, -0.2) is 49.1 Å². The number of morpholine rings is 1. The van der Waals surface area contributed by atoms with Crippen molar-refractivity contribution in [3.05, 3.63) is 22.8 Å². The van der Waals surface area contributed by atoms with Gasteiger partial charge in [0.05, 0.1) is 23.8 Å². The maximum atomic E-state index is 12.2. The molecule has 0 saturated carbocycles. The van der Waals surface area contributed by atoms with Crippen LogP contribution in [0.2, 0.25) is 5.02 Å². The highest BCUT2D eigenvalue weighted by atomic mass is 35.5. The highest BCUT2D eigenvalue weighted by Gasteiger charge is 2.21. The lowest BCUT2D eigenvalue weighted by atomic mass is 10.2. The fourth-order valence-corrected chi connectivity index (χ4v) is 1.86. The Hall–Kier alpha value is -1.33. The monoisotopic (exact) mass is 255 g/mol. The molecule has 17 heavy (non-hydrogen) atoms. The lowest BCUT2D eigenvalue weighted by Gasteiger charge is -2.27. The third kappa shape index (κ3) is 2.68. The standard InChI is InChI=1S/C11H14ClN3O2/c1-13-10-6-8(9(12)7-14-10)11(16)15-2-4-17-5-3-15/h6-7H,2-5H2,1H3,(H,13,14). The van der Waals surface area contributed by atoms with Crippen molar-refractivity contribution in [2.24, 2.45) is 0 Å². The average Bonchev–Trinajstić information content (AvgIpc) is 2.39. The first-order valence-electron chi connectivity index (χ1n) is 5.42. The van der Waals surface area contributed by atoms with Crippen LogP contribution in [0.3, 0.4) is 0 Å². The Bertz CT molecular complexity index is 419. The second kappa shape index (κ2) is 5.33. The topological polar surface area (TPSA) is 54.5 Å². The summed E-state index contributed by atoms with van der Waals surface area (Å²) in [5, 5.41) is 3.26. The molecule has 0 atom stereocenters. The smallest absolute Gasteiger partial charge is 0.255 e. The van der Waals surface area contributed by atoms with Crippen molar-refractivity contribution in [3.63, 3.8) is 0 Å². The zero-order valence-corrected chi connectivity index (χ0v) is 10.3. The summed E-state index contributed by atoms with van der Waals surface area (Å²) in [7, 11) is 1.75. The molecule has 6 heteroatoms. The molecule has 1 aromatic rings. The van der Waals surface area contributed by atoms with Gasteiger partial charge in [-0.25, -0.2) is 4.98 Å². The fourth-order valence-electron chi connectivity index (χ4n) is 1.68. The van der Waals surface area contributed by atoms with Crippen LogP contribution in [0, 0.1) is 0 Å². The Kier molecular flexibility index (Phi) is 3.81. The van der Waals surface area contributed by atoms with E-state index in [4.69, 9.17) is 16.3 Å². The molecule has 0 unspecified atom stereocenters. The lowest BCUT2D eigenvalue weighted by molar-refractivity contribution is 0.0303. The number of hydrogen-bond acceptors (Lipinski definition) is 4. The molecule has 1 aliphatic heterocycles. The second-order valence-electron chi connectivity index (χ2n) is 3.70.